The molecule has 0 unspecified atom stereocenters. The molecule has 0 spiro atoms. The van der Waals surface area contributed by atoms with Gasteiger partial charge in [0, 0.05) is 129 Å². The summed E-state index contributed by atoms with van der Waals surface area (Å²) in [4.78, 5) is 81.2. The average molecular weight is 1530 g/mol. The monoisotopic (exact) mass is 1530 g/mol. The van der Waals surface area contributed by atoms with Gasteiger partial charge in [0.25, 0.3) is 0 Å². The van der Waals surface area contributed by atoms with E-state index in [9.17, 15) is 0 Å². The van der Waals surface area contributed by atoms with Crippen LogP contribution in [0.1, 0.15) is 107 Å². The minimum Gasteiger partial charge on any atom is -0.490 e. The number of hydrogen-bond acceptors (Lipinski definition) is 16. The molecule has 10 heterocycles. The number of benzene rings is 8. The summed E-state index contributed by atoms with van der Waals surface area (Å²) in [7, 11) is 0. The van der Waals surface area contributed by atoms with Crippen LogP contribution in [0.2, 0.25) is 0 Å². The SMILES string of the molecule is CCC(CC)Oc1cccc2c1-c1nc-2nc2[n-]c(nc3nc(nc4[n-]c(n1)c1cccc(OC(CC)CC)c41)-c1cccc(OC(CC)CC)c1-3)c1cccc(OC(CC)CC)c21.[Gd].c1ccc2c(c1)-c1nc-2nc2[n-]c(nc3nc(nc4[n-]c(n1)c1ccccc41)-c1ccccc1-3)c1ccccc21. The smallest absolute Gasteiger partial charge is 0.130 e. The summed E-state index contributed by atoms with van der Waals surface area (Å²) in [5.41, 5.74) is 10.5. The van der Waals surface area contributed by atoms with Gasteiger partial charge >= 0.3 is 0 Å². The molecule has 0 N–H and O–H groups in total. The fourth-order valence-electron chi connectivity index (χ4n) is 14.1. The van der Waals surface area contributed by atoms with Crippen molar-refractivity contribution in [3.8, 4) is 114 Å². The minimum absolute atomic E-state index is 0. The van der Waals surface area contributed by atoms with E-state index in [-0.39, 0.29) is 64.4 Å². The van der Waals surface area contributed by atoms with E-state index in [2.05, 4.69) is 55.4 Å². The molecule has 0 saturated heterocycles. The van der Waals surface area contributed by atoms with Crippen molar-refractivity contribution >= 4 is 88.3 Å². The van der Waals surface area contributed by atoms with Gasteiger partial charge in [0.2, 0.25) is 0 Å². The van der Waals surface area contributed by atoms with Crippen LogP contribution in [-0.4, -0.2) is 84.2 Å². The average Bonchev–Trinajstić information content (AvgIpc) is 1.60. The zero-order valence-electron chi connectivity index (χ0n) is 59.3. The summed E-state index contributed by atoms with van der Waals surface area (Å²) in [5.74, 6) is 6.65. The van der Waals surface area contributed by atoms with E-state index in [1.807, 2.05) is 170 Å². The molecule has 0 amide bonds. The molecular weight excluding hydrogens is 1450 g/mol. The summed E-state index contributed by atoms with van der Waals surface area (Å²) >= 11 is 0. The van der Waals surface area contributed by atoms with Crippen LogP contribution >= 0.6 is 0 Å². The van der Waals surface area contributed by atoms with Crippen molar-refractivity contribution in [1.82, 2.24) is 79.7 Å². The van der Waals surface area contributed by atoms with Gasteiger partial charge in [0.1, 0.15) is 23.0 Å². The molecular formula is C84H72GdN16O4-4. The van der Waals surface area contributed by atoms with Gasteiger partial charge in [-0.3, -0.25) is 0 Å². The van der Waals surface area contributed by atoms with Gasteiger partial charge in [-0.05, 0) is 108 Å². The number of hydrogen-bond donors (Lipinski definition) is 0. The molecule has 4 aliphatic rings. The van der Waals surface area contributed by atoms with Gasteiger partial charge in [0.15, 0.2) is 0 Å². The van der Waals surface area contributed by atoms with Crippen molar-refractivity contribution < 1.29 is 58.9 Å². The van der Waals surface area contributed by atoms with Crippen LogP contribution in [0, 0.1) is 39.9 Å². The first kappa shape index (κ1) is 68.4. The van der Waals surface area contributed by atoms with Gasteiger partial charge in [-0.1, -0.05) is 201 Å². The summed E-state index contributed by atoms with van der Waals surface area (Å²) in [6.45, 7) is 17.1. The quantitative estimate of drug-likeness (QED) is 0.0872. The van der Waals surface area contributed by atoms with E-state index < -0.39 is 0 Å². The topological polar surface area (TPSA) is 248 Å². The molecule has 16 bridgehead atoms. The van der Waals surface area contributed by atoms with E-state index >= 15 is 0 Å². The first-order chi connectivity index (χ1) is 51.1. The molecule has 105 heavy (non-hydrogen) atoms. The third-order valence-electron chi connectivity index (χ3n) is 19.8. The van der Waals surface area contributed by atoms with Crippen molar-refractivity contribution in [2.24, 2.45) is 0 Å². The zero-order chi connectivity index (χ0) is 70.7. The molecule has 0 atom stereocenters. The Morgan fingerprint density at radius 3 is 0.771 bits per heavy atom. The number of fused-ring (bicyclic) bond motifs is 40. The third kappa shape index (κ3) is 12.4. The predicted molar refractivity (Wildman–Crippen MR) is 408 cm³/mol. The van der Waals surface area contributed by atoms with E-state index in [0.717, 1.165) is 139 Å². The van der Waals surface area contributed by atoms with Crippen LogP contribution < -0.4 is 38.9 Å². The van der Waals surface area contributed by atoms with Crippen LogP contribution in [0.25, 0.3) is 179 Å². The Bertz CT molecular complexity index is 5570. The molecule has 8 aromatic carbocycles. The third-order valence-corrected chi connectivity index (χ3v) is 19.8. The number of ether oxygens (including phenoxy) is 4. The Morgan fingerprint density at radius 1 is 0.229 bits per heavy atom. The van der Waals surface area contributed by atoms with Crippen molar-refractivity contribution in [1.29, 1.82) is 0 Å². The molecule has 18 rings (SSSR count). The van der Waals surface area contributed by atoms with Gasteiger partial charge in [-0.2, -0.15) is 0 Å². The maximum Gasteiger partial charge on any atom is 0.130 e. The first-order valence-electron chi connectivity index (χ1n) is 36.1. The second-order valence-electron chi connectivity index (χ2n) is 26.1. The van der Waals surface area contributed by atoms with Crippen LogP contribution in [0.4, 0.5) is 0 Å². The second-order valence-corrected chi connectivity index (χ2v) is 26.1. The number of nitrogens with zero attached hydrogens (tertiary/aromatic N) is 16. The molecule has 4 aliphatic heterocycles. The zero-order valence-corrected chi connectivity index (χ0v) is 61.5. The molecule has 0 radical (unpaired) electrons. The van der Waals surface area contributed by atoms with Crippen LogP contribution in [-0.2, 0) is 0 Å². The Kier molecular flexibility index (Phi) is 18.8. The van der Waals surface area contributed by atoms with E-state index in [4.69, 9.17) is 98.7 Å². The summed E-state index contributed by atoms with van der Waals surface area (Å²) in [5, 5.41) is 6.60. The molecule has 20 nitrogen and oxygen atoms in total. The maximum absolute atomic E-state index is 6.71. The van der Waals surface area contributed by atoms with Crippen molar-refractivity contribution in [2.45, 2.75) is 131 Å². The predicted octanol–water partition coefficient (Wildman–Crippen LogP) is 18.5. The molecule has 0 saturated carbocycles. The van der Waals surface area contributed by atoms with Crippen molar-refractivity contribution in [2.75, 3.05) is 0 Å². The molecule has 524 valence electrons. The summed E-state index contributed by atoms with van der Waals surface area (Å²) in [6, 6.07) is 55.7. The normalized spacial score (nSPS) is 12.0. The molecule has 0 fully saturated rings. The van der Waals surface area contributed by atoms with E-state index in [1.54, 1.807) is 0 Å². The minimum atomic E-state index is -0.00428. The Balaban J connectivity index is 0.000000176. The summed E-state index contributed by atoms with van der Waals surface area (Å²) < 4.78 is 26.8. The van der Waals surface area contributed by atoms with Gasteiger partial charge in [0.05, 0.1) is 82.1 Å². The summed E-state index contributed by atoms with van der Waals surface area (Å²) in [6.07, 6.45) is 6.73. The molecule has 6 aromatic heterocycles. The first-order valence-corrected chi connectivity index (χ1v) is 36.1. The standard InChI is InChI=1S/C52H56N8O4.C32H16N8.Gd/c1-9-29(10-2)61-37-25-17-21-33-41(37)49-53-45(33)58-50-43-35(23-19-27-39(43)63-31(13-5)14-6)47(55-50)60-52-44-36(24-20-28-40(44)64-32(15-7)16-8)48(56-52)59-51-42-34(46(54-51)57-49)22-18-26-38(42)62-30(11-3)12-4;1-2-10-18-17(9-1)25-33-26(18)38-28-21-13-5-6-14-22(21)30(35-28)40-32-24-16-8-7-15-23(24)31(36-32)39-29-20-12-4-3-11-19(20)27(34-29)37-25;/h17-32H,9-16H2,1-8H3;1-16H;/q2*-2;. The van der Waals surface area contributed by atoms with E-state index in [1.165, 1.54) is 0 Å². The van der Waals surface area contributed by atoms with Crippen molar-refractivity contribution in [3.05, 3.63) is 170 Å². The number of aromatic nitrogens is 16. The maximum atomic E-state index is 6.71. The Hall–Kier alpha value is -11.0. The largest absolute Gasteiger partial charge is 0.490 e. The van der Waals surface area contributed by atoms with Gasteiger partial charge in [-0.15, -0.1) is 0 Å². The molecule has 0 aliphatic carbocycles. The fraction of sp³-hybridized carbons (Fsp3) is 0.238. The van der Waals surface area contributed by atoms with Gasteiger partial charge < -0.3 is 78.8 Å². The molecule has 21 heteroatoms. The second kappa shape index (κ2) is 28.9. The Morgan fingerprint density at radius 2 is 0.448 bits per heavy atom. The molecule has 14 aromatic rings. The van der Waals surface area contributed by atoms with Crippen LogP contribution in [0.3, 0.4) is 0 Å². The van der Waals surface area contributed by atoms with E-state index in [0.29, 0.717) is 115 Å². The van der Waals surface area contributed by atoms with Crippen molar-refractivity contribution in [3.63, 3.8) is 0 Å². The van der Waals surface area contributed by atoms with Crippen LogP contribution in [0.15, 0.2) is 170 Å². The van der Waals surface area contributed by atoms with Crippen LogP contribution in [0.5, 0.6) is 23.0 Å². The van der Waals surface area contributed by atoms with Gasteiger partial charge in [-0.25, -0.2) is 19.9 Å². The fourth-order valence-corrected chi connectivity index (χ4v) is 14.1. The Labute approximate surface area is 637 Å². The number of rotatable bonds is 16.